The SMILES string of the molecule is OCCCNCCc1cccc(C(F)(F)F)c1. The van der Waals surface area contributed by atoms with Crippen molar-refractivity contribution in [3.8, 4) is 0 Å². The predicted octanol–water partition coefficient (Wildman–Crippen LogP) is 2.22. The van der Waals surface area contributed by atoms with Crippen LogP contribution in [0.25, 0.3) is 0 Å². The molecule has 0 saturated heterocycles. The van der Waals surface area contributed by atoms with Crippen LogP contribution in [0.4, 0.5) is 13.2 Å². The molecular formula is C12H16F3NO. The van der Waals surface area contributed by atoms with Gasteiger partial charge in [-0.2, -0.15) is 13.2 Å². The Bertz CT molecular complexity index is 339. The fourth-order valence-electron chi connectivity index (χ4n) is 1.46. The molecule has 2 nitrogen and oxygen atoms in total. The van der Waals surface area contributed by atoms with Crippen LogP contribution in [0.5, 0.6) is 0 Å². The Kier molecular flexibility index (Phi) is 5.44. The molecule has 1 rings (SSSR count). The van der Waals surface area contributed by atoms with Crippen molar-refractivity contribution in [3.05, 3.63) is 35.4 Å². The van der Waals surface area contributed by atoms with E-state index in [2.05, 4.69) is 5.32 Å². The summed E-state index contributed by atoms with van der Waals surface area (Å²) < 4.78 is 37.2. The molecule has 2 N–H and O–H groups in total. The van der Waals surface area contributed by atoms with Crippen LogP contribution in [0, 0.1) is 0 Å². The molecule has 0 aliphatic rings. The molecule has 0 aromatic heterocycles. The number of rotatable bonds is 6. The molecule has 1 aromatic carbocycles. The lowest BCUT2D eigenvalue weighted by Gasteiger charge is -2.09. The van der Waals surface area contributed by atoms with Gasteiger partial charge < -0.3 is 10.4 Å². The molecule has 0 spiro atoms. The normalized spacial score (nSPS) is 11.8. The molecule has 0 aliphatic carbocycles. The van der Waals surface area contributed by atoms with Crippen molar-refractivity contribution >= 4 is 0 Å². The van der Waals surface area contributed by atoms with Gasteiger partial charge in [0.2, 0.25) is 0 Å². The number of benzene rings is 1. The smallest absolute Gasteiger partial charge is 0.396 e. The summed E-state index contributed by atoms with van der Waals surface area (Å²) in [5, 5.41) is 11.6. The lowest BCUT2D eigenvalue weighted by molar-refractivity contribution is -0.137. The van der Waals surface area contributed by atoms with E-state index in [9.17, 15) is 13.2 Å². The van der Waals surface area contributed by atoms with Crippen LogP contribution in [0.3, 0.4) is 0 Å². The number of hydrogen-bond donors (Lipinski definition) is 2. The third-order valence-corrected chi connectivity index (χ3v) is 2.36. The lowest BCUT2D eigenvalue weighted by atomic mass is 10.1. The zero-order chi connectivity index (χ0) is 12.7. The number of aliphatic hydroxyl groups excluding tert-OH is 1. The Morgan fingerprint density at radius 1 is 1.18 bits per heavy atom. The van der Waals surface area contributed by atoms with E-state index in [0.717, 1.165) is 6.07 Å². The molecule has 0 radical (unpaired) electrons. The minimum atomic E-state index is -4.28. The van der Waals surface area contributed by atoms with Crippen molar-refractivity contribution in [2.45, 2.75) is 19.0 Å². The van der Waals surface area contributed by atoms with Crippen LogP contribution in [0.1, 0.15) is 17.5 Å². The lowest BCUT2D eigenvalue weighted by Crippen LogP contribution is -2.19. The van der Waals surface area contributed by atoms with E-state index in [1.54, 1.807) is 6.07 Å². The molecule has 0 atom stereocenters. The van der Waals surface area contributed by atoms with E-state index in [4.69, 9.17) is 5.11 Å². The highest BCUT2D eigenvalue weighted by Crippen LogP contribution is 2.29. The van der Waals surface area contributed by atoms with Crippen LogP contribution >= 0.6 is 0 Å². The Morgan fingerprint density at radius 3 is 2.59 bits per heavy atom. The van der Waals surface area contributed by atoms with Gasteiger partial charge in [-0.1, -0.05) is 18.2 Å². The van der Waals surface area contributed by atoms with Gasteiger partial charge in [0.05, 0.1) is 5.56 Å². The summed E-state index contributed by atoms with van der Waals surface area (Å²) in [4.78, 5) is 0. The van der Waals surface area contributed by atoms with Crippen molar-refractivity contribution in [2.24, 2.45) is 0 Å². The Balaban J connectivity index is 2.44. The minimum Gasteiger partial charge on any atom is -0.396 e. The summed E-state index contributed by atoms with van der Waals surface area (Å²) in [7, 11) is 0. The highest BCUT2D eigenvalue weighted by Gasteiger charge is 2.30. The van der Waals surface area contributed by atoms with E-state index in [1.807, 2.05) is 0 Å². The summed E-state index contributed by atoms with van der Waals surface area (Å²) in [6.07, 6.45) is -3.07. The molecule has 0 saturated carbocycles. The maximum atomic E-state index is 12.4. The summed E-state index contributed by atoms with van der Waals surface area (Å²) in [6.45, 7) is 1.41. The predicted molar refractivity (Wildman–Crippen MR) is 59.7 cm³/mol. The van der Waals surface area contributed by atoms with E-state index < -0.39 is 11.7 Å². The molecule has 1 aromatic rings. The van der Waals surface area contributed by atoms with Gasteiger partial charge in [0.15, 0.2) is 0 Å². The van der Waals surface area contributed by atoms with Gasteiger partial charge >= 0.3 is 6.18 Å². The second kappa shape index (κ2) is 6.61. The molecule has 0 heterocycles. The van der Waals surface area contributed by atoms with Gasteiger partial charge in [0.25, 0.3) is 0 Å². The summed E-state index contributed by atoms with van der Waals surface area (Å²) in [6, 6.07) is 5.35. The number of nitrogens with one attached hydrogen (secondary N) is 1. The van der Waals surface area contributed by atoms with E-state index in [0.29, 0.717) is 31.5 Å². The topological polar surface area (TPSA) is 32.3 Å². The maximum Gasteiger partial charge on any atom is 0.416 e. The largest absolute Gasteiger partial charge is 0.416 e. The average molecular weight is 247 g/mol. The van der Waals surface area contributed by atoms with Gasteiger partial charge in [-0.25, -0.2) is 0 Å². The van der Waals surface area contributed by atoms with E-state index >= 15 is 0 Å². The minimum absolute atomic E-state index is 0.122. The zero-order valence-corrected chi connectivity index (χ0v) is 9.43. The third kappa shape index (κ3) is 5.19. The Hall–Kier alpha value is -1.07. The summed E-state index contributed by atoms with van der Waals surface area (Å²) >= 11 is 0. The molecule has 0 unspecified atom stereocenters. The van der Waals surface area contributed by atoms with Gasteiger partial charge in [0.1, 0.15) is 0 Å². The van der Waals surface area contributed by atoms with E-state index in [1.165, 1.54) is 12.1 Å². The first-order valence-corrected chi connectivity index (χ1v) is 5.52. The van der Waals surface area contributed by atoms with Crippen LogP contribution in [0.15, 0.2) is 24.3 Å². The molecular weight excluding hydrogens is 231 g/mol. The van der Waals surface area contributed by atoms with Crippen LogP contribution in [-0.2, 0) is 12.6 Å². The fraction of sp³-hybridized carbons (Fsp3) is 0.500. The average Bonchev–Trinajstić information content (AvgIpc) is 2.28. The standard InChI is InChI=1S/C12H16F3NO/c13-12(14,15)11-4-1-3-10(9-11)5-7-16-6-2-8-17/h1,3-4,9,16-17H,2,5-8H2. The highest BCUT2D eigenvalue weighted by molar-refractivity contribution is 5.25. The van der Waals surface area contributed by atoms with E-state index in [-0.39, 0.29) is 6.61 Å². The maximum absolute atomic E-state index is 12.4. The van der Waals surface area contributed by atoms with Crippen molar-refractivity contribution in [1.82, 2.24) is 5.32 Å². The second-order valence-corrected chi connectivity index (χ2v) is 3.78. The quantitative estimate of drug-likeness (QED) is 0.755. The van der Waals surface area contributed by atoms with Crippen molar-refractivity contribution in [2.75, 3.05) is 19.7 Å². The highest BCUT2D eigenvalue weighted by atomic mass is 19.4. The zero-order valence-electron chi connectivity index (χ0n) is 9.43. The third-order valence-electron chi connectivity index (χ3n) is 2.36. The first-order valence-electron chi connectivity index (χ1n) is 5.52. The molecule has 0 fully saturated rings. The van der Waals surface area contributed by atoms with Crippen LogP contribution in [-0.4, -0.2) is 24.8 Å². The number of hydrogen-bond acceptors (Lipinski definition) is 2. The molecule has 0 amide bonds. The fourth-order valence-corrected chi connectivity index (χ4v) is 1.46. The van der Waals surface area contributed by atoms with Crippen LogP contribution in [0.2, 0.25) is 0 Å². The van der Waals surface area contributed by atoms with Gasteiger partial charge in [-0.3, -0.25) is 0 Å². The van der Waals surface area contributed by atoms with Crippen molar-refractivity contribution in [3.63, 3.8) is 0 Å². The molecule has 17 heavy (non-hydrogen) atoms. The van der Waals surface area contributed by atoms with Gasteiger partial charge in [-0.05, 0) is 37.6 Å². The Morgan fingerprint density at radius 2 is 1.94 bits per heavy atom. The summed E-state index contributed by atoms with van der Waals surface area (Å²) in [5.41, 5.74) is 0.0571. The second-order valence-electron chi connectivity index (χ2n) is 3.78. The molecule has 96 valence electrons. The van der Waals surface area contributed by atoms with Crippen LogP contribution < -0.4 is 5.32 Å². The Labute approximate surface area is 98.5 Å². The van der Waals surface area contributed by atoms with Gasteiger partial charge in [-0.15, -0.1) is 0 Å². The number of alkyl halides is 3. The van der Waals surface area contributed by atoms with Crippen molar-refractivity contribution in [1.29, 1.82) is 0 Å². The summed E-state index contributed by atoms with van der Waals surface area (Å²) in [5.74, 6) is 0. The number of halogens is 3. The molecule has 0 bridgehead atoms. The molecule has 5 heteroatoms. The number of aliphatic hydroxyl groups is 1. The first-order chi connectivity index (χ1) is 8.04. The van der Waals surface area contributed by atoms with Gasteiger partial charge in [0, 0.05) is 6.61 Å². The molecule has 0 aliphatic heterocycles. The first kappa shape index (κ1) is 14.0. The monoisotopic (exact) mass is 247 g/mol. The van der Waals surface area contributed by atoms with Crippen molar-refractivity contribution < 1.29 is 18.3 Å².